The van der Waals surface area contributed by atoms with Crippen molar-refractivity contribution in [1.29, 1.82) is 0 Å². The fourth-order valence-corrected chi connectivity index (χ4v) is 8.14. The van der Waals surface area contributed by atoms with Crippen LogP contribution in [-0.2, 0) is 32.5 Å². The molecule has 13 heteroatoms. The number of hydrogen-bond acceptors (Lipinski definition) is 8. The monoisotopic (exact) mass is 727 g/mol. The Hall–Kier alpha value is -3.42. The van der Waals surface area contributed by atoms with Gasteiger partial charge in [0.05, 0.1) is 34.9 Å². The van der Waals surface area contributed by atoms with Gasteiger partial charge in [0.1, 0.15) is 12.5 Å². The third kappa shape index (κ3) is 8.00. The van der Waals surface area contributed by atoms with Gasteiger partial charge in [-0.3, -0.25) is 29.1 Å². The number of halogens is 3. The van der Waals surface area contributed by atoms with Crippen molar-refractivity contribution in [2.24, 2.45) is 13.0 Å². The van der Waals surface area contributed by atoms with Crippen molar-refractivity contribution in [2.75, 3.05) is 64.4 Å². The molecule has 1 aromatic heterocycles. The Labute approximate surface area is 303 Å². The van der Waals surface area contributed by atoms with E-state index in [1.165, 1.54) is 12.1 Å². The summed E-state index contributed by atoms with van der Waals surface area (Å²) in [7, 11) is 1.85. The third-order valence-corrected chi connectivity index (χ3v) is 10.9. The van der Waals surface area contributed by atoms with E-state index in [1.54, 1.807) is 13.1 Å². The number of ketones is 1. The molecule has 3 aromatic rings. The van der Waals surface area contributed by atoms with Crippen LogP contribution < -0.4 is 5.32 Å². The maximum atomic E-state index is 16.0. The number of alkyl halides is 1. The molecule has 3 heterocycles. The summed E-state index contributed by atoms with van der Waals surface area (Å²) in [6.45, 7) is 5.35. The first-order chi connectivity index (χ1) is 24.6. The molecule has 1 N–H and O–H groups in total. The van der Waals surface area contributed by atoms with E-state index in [1.807, 2.05) is 45.7 Å². The molecule has 1 amide bonds. The van der Waals surface area contributed by atoms with Crippen LogP contribution in [0.3, 0.4) is 0 Å². The molecule has 2 saturated heterocycles. The van der Waals surface area contributed by atoms with Crippen LogP contribution >= 0.6 is 11.6 Å². The van der Waals surface area contributed by atoms with Crippen molar-refractivity contribution in [3.05, 3.63) is 64.6 Å². The zero-order valence-corrected chi connectivity index (χ0v) is 30.2. The molecular formula is C38H48ClF2N5O5. The molecule has 276 valence electrons. The van der Waals surface area contributed by atoms with Gasteiger partial charge in [-0.25, -0.2) is 8.78 Å². The molecule has 0 radical (unpaired) electrons. The number of benzene rings is 2. The number of nitrogens with zero attached hydrogens (tertiary/aromatic N) is 4. The molecule has 2 aromatic carbocycles. The lowest BCUT2D eigenvalue weighted by Gasteiger charge is -2.52. The van der Waals surface area contributed by atoms with Gasteiger partial charge in [-0.1, -0.05) is 29.8 Å². The Kier molecular flexibility index (Phi) is 12.1. The van der Waals surface area contributed by atoms with E-state index in [2.05, 4.69) is 10.2 Å². The number of rotatable bonds is 13. The molecule has 6 rings (SSSR count). The number of amides is 1. The number of para-hydroxylation sites is 1. The van der Waals surface area contributed by atoms with Gasteiger partial charge in [0.2, 0.25) is 5.85 Å². The average Bonchev–Trinajstić information content (AvgIpc) is 3.79. The SMILES string of the molecule is CCOC(=O)C1CCC(OC(C(=O)Cc2cc(Cl)c(NC(=O)c3cn(C)c4ccccc34)cc2F)(N2CCCC2)N2CCN(CCF)CC2)CC1. The van der Waals surface area contributed by atoms with Gasteiger partial charge in [-0.05, 0) is 69.2 Å². The summed E-state index contributed by atoms with van der Waals surface area (Å²) < 4.78 is 43.3. The van der Waals surface area contributed by atoms with Crippen molar-refractivity contribution in [1.82, 2.24) is 19.3 Å². The minimum Gasteiger partial charge on any atom is -0.466 e. The smallest absolute Gasteiger partial charge is 0.308 e. The molecule has 10 nitrogen and oxygen atoms in total. The van der Waals surface area contributed by atoms with E-state index in [4.69, 9.17) is 21.1 Å². The lowest BCUT2D eigenvalue weighted by Crippen LogP contribution is -2.70. The minimum atomic E-state index is -1.47. The summed E-state index contributed by atoms with van der Waals surface area (Å²) >= 11 is 6.67. The Morgan fingerprint density at radius 3 is 2.35 bits per heavy atom. The highest BCUT2D eigenvalue weighted by atomic mass is 35.5. The number of carbonyl (C=O) groups excluding carboxylic acids is 3. The number of aryl methyl sites for hydroxylation is 1. The van der Waals surface area contributed by atoms with E-state index in [-0.39, 0.29) is 46.5 Å². The standard InChI is InChI=1S/C38H48ClF2N5O5/c1-3-50-37(49)26-10-12-28(13-11-26)51-38(45-15-6-7-16-45,46-20-18-44(17-14-40)19-21-46)35(47)23-27-22-31(39)33(24-32(27)41)42-36(48)30-25-43(2)34-9-5-4-8-29(30)34/h4-5,8-9,22,24-26,28H,3,6-7,10-21,23H2,1-2H3,(H,42,48). The first-order valence-electron chi connectivity index (χ1n) is 18.1. The van der Waals surface area contributed by atoms with Gasteiger partial charge in [0.25, 0.3) is 5.91 Å². The van der Waals surface area contributed by atoms with E-state index in [9.17, 15) is 18.8 Å². The number of esters is 1. The Bertz CT molecular complexity index is 1720. The second-order valence-corrected chi connectivity index (χ2v) is 14.2. The van der Waals surface area contributed by atoms with Crippen LogP contribution in [0, 0.1) is 11.7 Å². The topological polar surface area (TPSA) is 96.3 Å². The van der Waals surface area contributed by atoms with Crippen LogP contribution in [0.2, 0.25) is 5.02 Å². The predicted molar refractivity (Wildman–Crippen MR) is 192 cm³/mol. The van der Waals surface area contributed by atoms with Crippen LogP contribution in [0.4, 0.5) is 14.5 Å². The average molecular weight is 728 g/mol. The number of aromatic nitrogens is 1. The minimum absolute atomic E-state index is 0.0995. The molecule has 1 unspecified atom stereocenters. The summed E-state index contributed by atoms with van der Waals surface area (Å²) in [5.41, 5.74) is 1.52. The Balaban J connectivity index is 1.26. The molecule has 1 atom stereocenters. The fourth-order valence-electron chi connectivity index (χ4n) is 7.91. The molecule has 0 bridgehead atoms. The number of anilines is 1. The van der Waals surface area contributed by atoms with Crippen LogP contribution in [0.25, 0.3) is 10.9 Å². The third-order valence-electron chi connectivity index (χ3n) is 10.6. The molecule has 2 aliphatic heterocycles. The maximum absolute atomic E-state index is 16.0. The Morgan fingerprint density at radius 1 is 0.980 bits per heavy atom. The zero-order chi connectivity index (χ0) is 36.1. The van der Waals surface area contributed by atoms with Crippen molar-refractivity contribution < 1.29 is 32.6 Å². The highest BCUT2D eigenvalue weighted by molar-refractivity contribution is 6.34. The number of ether oxygens (including phenoxy) is 2. The molecule has 51 heavy (non-hydrogen) atoms. The van der Waals surface area contributed by atoms with Gasteiger partial charge < -0.3 is 19.4 Å². The zero-order valence-electron chi connectivity index (χ0n) is 29.5. The molecule has 3 fully saturated rings. The molecule has 3 aliphatic rings. The quantitative estimate of drug-likeness (QED) is 0.221. The number of carbonyl (C=O) groups is 3. The van der Waals surface area contributed by atoms with Crippen LogP contribution in [-0.4, -0.2) is 108 Å². The van der Waals surface area contributed by atoms with Crippen molar-refractivity contribution in [3.8, 4) is 0 Å². The van der Waals surface area contributed by atoms with Crippen LogP contribution in [0.1, 0.15) is 61.4 Å². The number of likely N-dealkylation sites (tertiary alicyclic amines) is 1. The van der Waals surface area contributed by atoms with Gasteiger partial charge in [0.15, 0.2) is 5.78 Å². The summed E-state index contributed by atoms with van der Waals surface area (Å²) in [4.78, 5) is 46.8. The highest BCUT2D eigenvalue weighted by Gasteiger charge is 2.53. The number of Topliss-reactive ketones (excluding diaryl/α,β-unsaturated/α-hetero) is 1. The first-order valence-corrected chi connectivity index (χ1v) is 18.5. The molecule has 0 spiro atoms. The number of nitrogens with one attached hydrogen (secondary N) is 1. The lowest BCUT2D eigenvalue weighted by molar-refractivity contribution is -0.260. The second-order valence-electron chi connectivity index (χ2n) is 13.8. The van der Waals surface area contributed by atoms with Gasteiger partial charge >= 0.3 is 5.97 Å². The van der Waals surface area contributed by atoms with Crippen LogP contribution in [0.15, 0.2) is 42.6 Å². The van der Waals surface area contributed by atoms with Crippen LogP contribution in [0.5, 0.6) is 0 Å². The summed E-state index contributed by atoms with van der Waals surface area (Å²) in [6, 6.07) is 10.1. The van der Waals surface area contributed by atoms with Gasteiger partial charge in [-0.2, -0.15) is 0 Å². The van der Waals surface area contributed by atoms with E-state index < -0.39 is 24.2 Å². The van der Waals surface area contributed by atoms with Crippen molar-refractivity contribution >= 4 is 45.9 Å². The van der Waals surface area contributed by atoms with E-state index in [0.717, 1.165) is 23.7 Å². The molecular weight excluding hydrogens is 680 g/mol. The summed E-state index contributed by atoms with van der Waals surface area (Å²) in [6.07, 6.45) is 5.26. The van der Waals surface area contributed by atoms with Gasteiger partial charge in [-0.15, -0.1) is 0 Å². The van der Waals surface area contributed by atoms with E-state index >= 15 is 4.39 Å². The first kappa shape index (κ1) is 37.3. The number of piperazine rings is 1. The fraction of sp³-hybridized carbons (Fsp3) is 0.553. The largest absolute Gasteiger partial charge is 0.466 e. The predicted octanol–water partition coefficient (Wildman–Crippen LogP) is 5.81. The van der Waals surface area contributed by atoms with Crippen molar-refractivity contribution in [3.63, 3.8) is 0 Å². The number of fused-ring (bicyclic) bond motifs is 1. The van der Waals surface area contributed by atoms with E-state index in [0.29, 0.717) is 83.7 Å². The highest BCUT2D eigenvalue weighted by Crippen LogP contribution is 2.37. The van der Waals surface area contributed by atoms with Gasteiger partial charge in [0, 0.05) is 76.4 Å². The lowest BCUT2D eigenvalue weighted by atomic mass is 9.87. The maximum Gasteiger partial charge on any atom is 0.308 e. The normalized spacial score (nSPS) is 21.8. The summed E-state index contributed by atoms with van der Waals surface area (Å²) in [5.74, 6) is -3.28. The Morgan fingerprint density at radius 2 is 1.67 bits per heavy atom. The molecule has 1 saturated carbocycles. The second kappa shape index (κ2) is 16.5. The summed E-state index contributed by atoms with van der Waals surface area (Å²) in [5, 5.41) is 3.62. The number of hydrogen-bond donors (Lipinski definition) is 1. The molecule has 1 aliphatic carbocycles. The van der Waals surface area contributed by atoms with Crippen molar-refractivity contribution in [2.45, 2.75) is 63.8 Å².